The van der Waals surface area contributed by atoms with Gasteiger partial charge in [0.15, 0.2) is 0 Å². The first-order valence-electron chi connectivity index (χ1n) is 7.20. The minimum absolute atomic E-state index is 0.331. The molecule has 0 saturated carbocycles. The Bertz CT molecular complexity index is 627. The fourth-order valence-electron chi connectivity index (χ4n) is 2.66. The first kappa shape index (κ1) is 13.9. The molecule has 110 valence electrons. The molecule has 1 heterocycles. The zero-order valence-corrected chi connectivity index (χ0v) is 12.1. The van der Waals surface area contributed by atoms with E-state index in [4.69, 9.17) is 9.47 Å². The third-order valence-electron chi connectivity index (χ3n) is 3.77. The van der Waals surface area contributed by atoms with Crippen molar-refractivity contribution in [1.82, 2.24) is 4.98 Å². The first-order valence-corrected chi connectivity index (χ1v) is 7.20. The Morgan fingerprint density at radius 3 is 3.05 bits per heavy atom. The van der Waals surface area contributed by atoms with Crippen molar-refractivity contribution >= 4 is 0 Å². The number of rotatable bonds is 4. The third-order valence-corrected chi connectivity index (χ3v) is 3.77. The fraction of sp³-hybridized carbons (Fsp3) is 0.353. The van der Waals surface area contributed by atoms with Crippen molar-refractivity contribution in [2.75, 3.05) is 7.11 Å². The quantitative estimate of drug-likeness (QED) is 0.938. The number of nitrogens with zero attached hydrogens (tertiary/aromatic N) is 1. The molecule has 21 heavy (non-hydrogen) atoms. The van der Waals surface area contributed by atoms with E-state index in [0.717, 1.165) is 36.3 Å². The summed E-state index contributed by atoms with van der Waals surface area (Å²) in [5.41, 5.74) is 3.05. The van der Waals surface area contributed by atoms with E-state index in [1.807, 2.05) is 36.4 Å². The highest BCUT2D eigenvalue weighted by Gasteiger charge is 2.18. The molecule has 3 rings (SSSR count). The van der Waals surface area contributed by atoms with E-state index in [0.29, 0.717) is 12.5 Å². The van der Waals surface area contributed by atoms with E-state index in [1.54, 1.807) is 7.11 Å². The fourth-order valence-corrected chi connectivity index (χ4v) is 2.66. The number of methoxy groups -OCH3 is 1. The SMILES string of the molecule is COc1cccc(COc2ccc3c(c2)CCCC3O)n1. The molecule has 0 saturated heterocycles. The van der Waals surface area contributed by atoms with Crippen LogP contribution in [-0.2, 0) is 13.0 Å². The Hall–Kier alpha value is -2.07. The number of aliphatic hydroxyl groups is 1. The van der Waals surface area contributed by atoms with Crippen molar-refractivity contribution < 1.29 is 14.6 Å². The molecule has 1 aromatic carbocycles. The van der Waals surface area contributed by atoms with Crippen LogP contribution in [0.25, 0.3) is 0 Å². The summed E-state index contributed by atoms with van der Waals surface area (Å²) in [5, 5.41) is 9.95. The Morgan fingerprint density at radius 1 is 1.29 bits per heavy atom. The number of pyridine rings is 1. The minimum atomic E-state index is -0.331. The molecule has 4 nitrogen and oxygen atoms in total. The largest absolute Gasteiger partial charge is 0.487 e. The summed E-state index contributed by atoms with van der Waals surface area (Å²) in [6, 6.07) is 11.5. The van der Waals surface area contributed by atoms with Crippen LogP contribution in [0.2, 0.25) is 0 Å². The molecule has 1 N–H and O–H groups in total. The topological polar surface area (TPSA) is 51.6 Å². The number of ether oxygens (including phenoxy) is 2. The Labute approximate surface area is 124 Å². The van der Waals surface area contributed by atoms with E-state index < -0.39 is 0 Å². The summed E-state index contributed by atoms with van der Waals surface area (Å²) in [6.45, 7) is 0.401. The van der Waals surface area contributed by atoms with Gasteiger partial charge in [0.05, 0.1) is 18.9 Å². The molecule has 1 aliphatic rings. The molecular formula is C17H19NO3. The Morgan fingerprint density at radius 2 is 2.19 bits per heavy atom. The summed E-state index contributed by atoms with van der Waals surface area (Å²) < 4.78 is 10.9. The summed E-state index contributed by atoms with van der Waals surface area (Å²) >= 11 is 0. The number of aryl methyl sites for hydroxylation is 1. The number of fused-ring (bicyclic) bond motifs is 1. The monoisotopic (exact) mass is 285 g/mol. The van der Waals surface area contributed by atoms with Crippen molar-refractivity contribution in [3.05, 3.63) is 53.2 Å². The third kappa shape index (κ3) is 3.16. The molecule has 0 amide bonds. The average Bonchev–Trinajstić information content (AvgIpc) is 2.53. The van der Waals surface area contributed by atoms with Crippen LogP contribution in [-0.4, -0.2) is 17.2 Å². The molecule has 0 radical (unpaired) electrons. The second-order valence-corrected chi connectivity index (χ2v) is 5.23. The minimum Gasteiger partial charge on any atom is -0.487 e. The van der Waals surface area contributed by atoms with Crippen LogP contribution in [0.5, 0.6) is 11.6 Å². The normalized spacial score (nSPS) is 17.1. The molecular weight excluding hydrogens is 266 g/mol. The standard InChI is InChI=1S/C17H19NO3/c1-20-17-7-3-5-13(18-17)11-21-14-8-9-15-12(10-14)4-2-6-16(15)19/h3,5,7-10,16,19H,2,4,6,11H2,1H3. The smallest absolute Gasteiger partial charge is 0.213 e. The Balaban J connectivity index is 1.70. The molecule has 1 unspecified atom stereocenters. The molecule has 2 aromatic rings. The van der Waals surface area contributed by atoms with E-state index in [2.05, 4.69) is 4.98 Å². The molecule has 0 spiro atoms. The lowest BCUT2D eigenvalue weighted by Gasteiger charge is -2.21. The van der Waals surface area contributed by atoms with Gasteiger partial charge < -0.3 is 14.6 Å². The van der Waals surface area contributed by atoms with Crippen molar-refractivity contribution in [2.24, 2.45) is 0 Å². The number of benzene rings is 1. The van der Waals surface area contributed by atoms with Crippen LogP contribution in [0.3, 0.4) is 0 Å². The summed E-state index contributed by atoms with van der Waals surface area (Å²) in [4.78, 5) is 4.32. The summed E-state index contributed by atoms with van der Waals surface area (Å²) in [5.74, 6) is 1.40. The van der Waals surface area contributed by atoms with Gasteiger partial charge in [-0.15, -0.1) is 0 Å². The van der Waals surface area contributed by atoms with Crippen LogP contribution in [0.15, 0.2) is 36.4 Å². The van der Waals surface area contributed by atoms with Gasteiger partial charge in [-0.25, -0.2) is 4.98 Å². The summed E-state index contributed by atoms with van der Waals surface area (Å²) in [6.07, 6.45) is 2.54. The maximum absolute atomic E-state index is 9.95. The highest BCUT2D eigenvalue weighted by atomic mass is 16.5. The van der Waals surface area contributed by atoms with Gasteiger partial charge in [-0.2, -0.15) is 0 Å². The van der Waals surface area contributed by atoms with E-state index in [-0.39, 0.29) is 6.10 Å². The maximum Gasteiger partial charge on any atom is 0.213 e. The number of aliphatic hydroxyl groups excluding tert-OH is 1. The van der Waals surface area contributed by atoms with Gasteiger partial charge >= 0.3 is 0 Å². The van der Waals surface area contributed by atoms with Crippen molar-refractivity contribution in [1.29, 1.82) is 0 Å². The van der Waals surface area contributed by atoms with Crippen LogP contribution in [0.4, 0.5) is 0 Å². The van der Waals surface area contributed by atoms with Crippen molar-refractivity contribution in [2.45, 2.75) is 32.0 Å². The predicted octanol–water partition coefficient (Wildman–Crippen LogP) is 3.04. The van der Waals surface area contributed by atoms with Gasteiger partial charge in [-0.1, -0.05) is 12.1 Å². The van der Waals surface area contributed by atoms with Gasteiger partial charge in [0.1, 0.15) is 12.4 Å². The molecule has 1 atom stereocenters. The predicted molar refractivity (Wildman–Crippen MR) is 79.5 cm³/mol. The Kier molecular flexibility index (Phi) is 4.06. The average molecular weight is 285 g/mol. The first-order chi connectivity index (χ1) is 10.3. The zero-order valence-electron chi connectivity index (χ0n) is 12.1. The van der Waals surface area contributed by atoms with Crippen LogP contribution < -0.4 is 9.47 Å². The molecule has 0 aliphatic heterocycles. The van der Waals surface area contributed by atoms with Gasteiger partial charge in [0.2, 0.25) is 5.88 Å². The second-order valence-electron chi connectivity index (χ2n) is 5.23. The van der Waals surface area contributed by atoms with Crippen molar-refractivity contribution in [3.8, 4) is 11.6 Å². The molecule has 1 aliphatic carbocycles. The maximum atomic E-state index is 9.95. The van der Waals surface area contributed by atoms with Gasteiger partial charge in [0.25, 0.3) is 0 Å². The van der Waals surface area contributed by atoms with Gasteiger partial charge in [-0.3, -0.25) is 0 Å². The van der Waals surface area contributed by atoms with Gasteiger partial charge in [0, 0.05) is 6.07 Å². The number of hydrogen-bond donors (Lipinski definition) is 1. The van der Waals surface area contributed by atoms with Gasteiger partial charge in [-0.05, 0) is 48.6 Å². The molecule has 0 fully saturated rings. The lowest BCUT2D eigenvalue weighted by molar-refractivity contribution is 0.156. The summed E-state index contributed by atoms with van der Waals surface area (Å²) in [7, 11) is 1.60. The molecule has 0 bridgehead atoms. The second kappa shape index (κ2) is 6.14. The lowest BCUT2D eigenvalue weighted by atomic mass is 9.89. The van der Waals surface area contributed by atoms with E-state index >= 15 is 0 Å². The highest BCUT2D eigenvalue weighted by Crippen LogP contribution is 2.32. The van der Waals surface area contributed by atoms with Crippen molar-refractivity contribution in [3.63, 3.8) is 0 Å². The van der Waals surface area contributed by atoms with E-state index in [9.17, 15) is 5.11 Å². The van der Waals surface area contributed by atoms with E-state index in [1.165, 1.54) is 5.56 Å². The van der Waals surface area contributed by atoms with Crippen LogP contribution in [0.1, 0.15) is 35.8 Å². The lowest BCUT2D eigenvalue weighted by Crippen LogP contribution is -2.09. The van der Waals surface area contributed by atoms with Crippen LogP contribution >= 0.6 is 0 Å². The molecule has 1 aromatic heterocycles. The number of hydrogen-bond acceptors (Lipinski definition) is 4. The number of aromatic nitrogens is 1. The van der Waals surface area contributed by atoms with Crippen LogP contribution in [0, 0.1) is 0 Å². The zero-order chi connectivity index (χ0) is 14.7. The highest BCUT2D eigenvalue weighted by molar-refractivity contribution is 5.38. The molecule has 4 heteroatoms.